The number of rotatable bonds is 2. The summed E-state index contributed by atoms with van der Waals surface area (Å²) >= 11 is 0. The van der Waals surface area contributed by atoms with Crippen LogP contribution in [0.1, 0.15) is 25.3 Å². The molecule has 0 bridgehead atoms. The second-order valence-corrected chi connectivity index (χ2v) is 5.90. The molecule has 0 fully saturated rings. The molecule has 5 nitrogen and oxygen atoms in total. The first-order valence-corrected chi connectivity index (χ1v) is 7.60. The highest BCUT2D eigenvalue weighted by Crippen LogP contribution is 2.19. The van der Waals surface area contributed by atoms with Gasteiger partial charge in [-0.25, -0.2) is 4.57 Å². The molecule has 2 aromatic heterocycles. The lowest BCUT2D eigenvalue weighted by Gasteiger charge is -2.11. The fourth-order valence-corrected chi connectivity index (χ4v) is 2.87. The summed E-state index contributed by atoms with van der Waals surface area (Å²) in [6.45, 7) is 4.29. The van der Waals surface area contributed by atoms with E-state index in [4.69, 9.17) is 0 Å². The van der Waals surface area contributed by atoms with Crippen LogP contribution >= 0.6 is 0 Å². The van der Waals surface area contributed by atoms with E-state index in [0.717, 1.165) is 11.2 Å². The van der Waals surface area contributed by atoms with Crippen molar-refractivity contribution in [3.63, 3.8) is 0 Å². The summed E-state index contributed by atoms with van der Waals surface area (Å²) in [7, 11) is 0. The lowest BCUT2D eigenvalue weighted by Crippen LogP contribution is -2.21. The molecule has 0 radical (unpaired) electrons. The smallest absolute Gasteiger partial charge is 0.267 e. The Morgan fingerprint density at radius 3 is 2.48 bits per heavy atom. The lowest BCUT2D eigenvalue weighted by atomic mass is 10.0. The molecular weight excluding hydrogens is 288 g/mol. The number of hydrogen-bond acceptors (Lipinski definition) is 3. The predicted octanol–water partition coefficient (Wildman–Crippen LogP) is 3.16. The maximum absolute atomic E-state index is 12.9. The number of hydrogen-bond donors (Lipinski definition) is 0. The van der Waals surface area contributed by atoms with Crippen LogP contribution in [0.4, 0.5) is 0 Å². The Kier molecular flexibility index (Phi) is 3.01. The Labute approximate surface area is 132 Å². The van der Waals surface area contributed by atoms with Gasteiger partial charge in [0.15, 0.2) is 0 Å². The van der Waals surface area contributed by atoms with Crippen LogP contribution in [-0.2, 0) is 0 Å². The molecule has 0 saturated heterocycles. The molecule has 2 heterocycles. The van der Waals surface area contributed by atoms with E-state index in [1.807, 2.05) is 40.8 Å². The Hall–Kier alpha value is -2.95. The van der Waals surface area contributed by atoms with Crippen LogP contribution in [0.15, 0.2) is 59.7 Å². The van der Waals surface area contributed by atoms with Gasteiger partial charge in [-0.05, 0) is 35.7 Å². The highest BCUT2D eigenvalue weighted by atomic mass is 16.1. The fourth-order valence-electron chi connectivity index (χ4n) is 2.87. The van der Waals surface area contributed by atoms with Gasteiger partial charge in [0, 0.05) is 0 Å². The zero-order chi connectivity index (χ0) is 16.0. The third-order valence-corrected chi connectivity index (χ3v) is 4.14. The number of benzene rings is 2. The van der Waals surface area contributed by atoms with Gasteiger partial charge in [0.05, 0.1) is 16.6 Å². The normalized spacial score (nSPS) is 11.6. The van der Waals surface area contributed by atoms with E-state index in [1.54, 1.807) is 10.9 Å². The van der Waals surface area contributed by atoms with Crippen molar-refractivity contribution in [3.05, 3.63) is 70.8 Å². The molecule has 5 heteroatoms. The summed E-state index contributed by atoms with van der Waals surface area (Å²) in [5.41, 5.74) is 2.76. The summed E-state index contributed by atoms with van der Waals surface area (Å²) < 4.78 is 3.45. The molecule has 23 heavy (non-hydrogen) atoms. The summed E-state index contributed by atoms with van der Waals surface area (Å²) in [5.74, 6) is 0.969. The van der Waals surface area contributed by atoms with Gasteiger partial charge in [-0.2, -0.15) is 0 Å². The fraction of sp³-hybridized carbons (Fsp3) is 0.167. The Bertz CT molecular complexity index is 1060. The monoisotopic (exact) mass is 304 g/mol. The Morgan fingerprint density at radius 2 is 1.74 bits per heavy atom. The second kappa shape index (κ2) is 5.05. The van der Waals surface area contributed by atoms with E-state index in [-0.39, 0.29) is 5.56 Å². The van der Waals surface area contributed by atoms with Gasteiger partial charge in [0.25, 0.3) is 5.56 Å². The quantitative estimate of drug-likeness (QED) is 0.571. The molecule has 0 atom stereocenters. The minimum absolute atomic E-state index is 0.0848. The first-order valence-electron chi connectivity index (χ1n) is 7.60. The van der Waals surface area contributed by atoms with Crippen LogP contribution in [0, 0.1) is 0 Å². The predicted molar refractivity (Wildman–Crippen MR) is 90.2 cm³/mol. The van der Waals surface area contributed by atoms with Gasteiger partial charge < -0.3 is 0 Å². The van der Waals surface area contributed by atoms with Crippen molar-refractivity contribution in [2.45, 2.75) is 19.8 Å². The molecule has 0 unspecified atom stereocenters. The molecule has 0 amide bonds. The molecule has 4 rings (SSSR count). The standard InChI is InChI=1S/C18H16N4O/c1-12(2)13-7-9-14(10-8-13)22-17(23)15-5-3-4-6-16(15)21-11-19-20-18(21)22/h3-12H,1-2H3. The molecule has 0 aliphatic heterocycles. The van der Waals surface area contributed by atoms with Gasteiger partial charge in [0.2, 0.25) is 5.78 Å². The second-order valence-electron chi connectivity index (χ2n) is 5.90. The van der Waals surface area contributed by atoms with Crippen LogP contribution in [0.25, 0.3) is 22.4 Å². The topological polar surface area (TPSA) is 52.2 Å². The van der Waals surface area contributed by atoms with E-state index < -0.39 is 0 Å². The van der Waals surface area contributed by atoms with Crippen LogP contribution in [0.5, 0.6) is 0 Å². The highest BCUT2D eigenvalue weighted by molar-refractivity contribution is 5.80. The zero-order valence-corrected chi connectivity index (χ0v) is 13.0. The number of aromatic nitrogens is 4. The Morgan fingerprint density at radius 1 is 1.00 bits per heavy atom. The third kappa shape index (κ3) is 2.04. The van der Waals surface area contributed by atoms with Gasteiger partial charge in [-0.3, -0.25) is 9.20 Å². The number of nitrogens with zero attached hydrogens (tertiary/aromatic N) is 4. The first-order chi connectivity index (χ1) is 11.2. The summed E-state index contributed by atoms with van der Waals surface area (Å²) in [5, 5.41) is 8.76. The van der Waals surface area contributed by atoms with Crippen molar-refractivity contribution >= 4 is 16.7 Å². The van der Waals surface area contributed by atoms with E-state index in [1.165, 1.54) is 5.56 Å². The van der Waals surface area contributed by atoms with Gasteiger partial charge >= 0.3 is 0 Å². The zero-order valence-electron chi connectivity index (χ0n) is 13.0. The largest absolute Gasteiger partial charge is 0.268 e. The summed E-state index contributed by atoms with van der Waals surface area (Å²) in [6, 6.07) is 15.5. The third-order valence-electron chi connectivity index (χ3n) is 4.14. The SMILES string of the molecule is CC(C)c1ccc(-n2c(=O)c3ccccc3n3cnnc23)cc1. The molecule has 0 aliphatic rings. The van der Waals surface area contributed by atoms with E-state index >= 15 is 0 Å². The van der Waals surface area contributed by atoms with Gasteiger partial charge in [-0.15, -0.1) is 10.2 Å². The lowest BCUT2D eigenvalue weighted by molar-refractivity contribution is 0.864. The van der Waals surface area contributed by atoms with E-state index in [0.29, 0.717) is 17.1 Å². The van der Waals surface area contributed by atoms with Crippen molar-refractivity contribution in [3.8, 4) is 5.69 Å². The molecular formula is C18H16N4O. The van der Waals surface area contributed by atoms with Crippen molar-refractivity contribution in [2.24, 2.45) is 0 Å². The average Bonchev–Trinajstić information content (AvgIpc) is 3.05. The maximum atomic E-state index is 12.9. The summed E-state index contributed by atoms with van der Waals surface area (Å²) in [6.07, 6.45) is 1.64. The van der Waals surface area contributed by atoms with Crippen LogP contribution < -0.4 is 5.56 Å². The Balaban J connectivity index is 2.07. The number of fused-ring (bicyclic) bond motifs is 3. The summed E-state index contributed by atoms with van der Waals surface area (Å²) in [4.78, 5) is 12.9. The van der Waals surface area contributed by atoms with Crippen molar-refractivity contribution in [2.75, 3.05) is 0 Å². The minimum atomic E-state index is -0.0848. The van der Waals surface area contributed by atoms with Crippen LogP contribution in [0.3, 0.4) is 0 Å². The average molecular weight is 304 g/mol. The molecule has 0 N–H and O–H groups in total. The van der Waals surface area contributed by atoms with Crippen LogP contribution in [-0.4, -0.2) is 19.2 Å². The minimum Gasteiger partial charge on any atom is -0.268 e. The molecule has 0 saturated carbocycles. The van der Waals surface area contributed by atoms with Crippen molar-refractivity contribution < 1.29 is 0 Å². The molecule has 0 spiro atoms. The van der Waals surface area contributed by atoms with Crippen molar-refractivity contribution in [1.29, 1.82) is 0 Å². The highest BCUT2D eigenvalue weighted by Gasteiger charge is 2.13. The van der Waals surface area contributed by atoms with Gasteiger partial charge in [0.1, 0.15) is 6.33 Å². The van der Waals surface area contributed by atoms with Crippen LogP contribution in [0.2, 0.25) is 0 Å². The van der Waals surface area contributed by atoms with Gasteiger partial charge in [-0.1, -0.05) is 38.1 Å². The molecule has 114 valence electrons. The first kappa shape index (κ1) is 13.7. The van der Waals surface area contributed by atoms with Crippen molar-refractivity contribution in [1.82, 2.24) is 19.2 Å². The van der Waals surface area contributed by atoms with E-state index in [9.17, 15) is 4.79 Å². The number of para-hydroxylation sites is 1. The maximum Gasteiger partial charge on any atom is 0.267 e. The molecule has 2 aromatic carbocycles. The molecule has 4 aromatic rings. The van der Waals surface area contributed by atoms with E-state index in [2.05, 4.69) is 36.2 Å². The molecule has 0 aliphatic carbocycles.